The van der Waals surface area contributed by atoms with Crippen LogP contribution < -0.4 is 10.6 Å². The maximum atomic E-state index is 11.6. The van der Waals surface area contributed by atoms with E-state index in [0.29, 0.717) is 18.9 Å². The van der Waals surface area contributed by atoms with E-state index in [1.165, 1.54) is 12.8 Å². The standard InChI is InChI=1S/C13H24N2O3/c1-10(9-16)7-14-13(18)8-15-12(17)6-11-4-2-3-5-11/h10-11,16H,2-9H2,1H3,(H,14,18)(H,15,17). The van der Waals surface area contributed by atoms with Crippen LogP contribution in [0.4, 0.5) is 0 Å². The van der Waals surface area contributed by atoms with Gasteiger partial charge in [-0.3, -0.25) is 9.59 Å². The highest BCUT2D eigenvalue weighted by atomic mass is 16.3. The zero-order chi connectivity index (χ0) is 13.4. The molecule has 1 fully saturated rings. The largest absolute Gasteiger partial charge is 0.396 e. The molecule has 0 radical (unpaired) electrons. The van der Waals surface area contributed by atoms with Gasteiger partial charge in [-0.1, -0.05) is 19.8 Å². The SMILES string of the molecule is CC(CO)CNC(=O)CNC(=O)CC1CCCC1. The number of hydrogen-bond donors (Lipinski definition) is 3. The molecule has 1 atom stereocenters. The molecule has 0 heterocycles. The topological polar surface area (TPSA) is 78.4 Å². The van der Waals surface area contributed by atoms with Gasteiger partial charge in [-0.05, 0) is 24.7 Å². The molecular formula is C13H24N2O3. The van der Waals surface area contributed by atoms with Crippen LogP contribution >= 0.6 is 0 Å². The maximum absolute atomic E-state index is 11.6. The van der Waals surface area contributed by atoms with Crippen molar-refractivity contribution in [1.82, 2.24) is 10.6 Å². The van der Waals surface area contributed by atoms with Gasteiger partial charge in [-0.15, -0.1) is 0 Å². The van der Waals surface area contributed by atoms with Crippen molar-refractivity contribution in [3.8, 4) is 0 Å². The fraction of sp³-hybridized carbons (Fsp3) is 0.846. The van der Waals surface area contributed by atoms with E-state index < -0.39 is 0 Å². The Bertz CT molecular complexity index is 275. The smallest absolute Gasteiger partial charge is 0.239 e. The summed E-state index contributed by atoms with van der Waals surface area (Å²) in [5, 5.41) is 14.1. The summed E-state index contributed by atoms with van der Waals surface area (Å²) >= 11 is 0. The van der Waals surface area contributed by atoms with E-state index >= 15 is 0 Å². The summed E-state index contributed by atoms with van der Waals surface area (Å²) in [5.74, 6) is 0.313. The molecule has 5 nitrogen and oxygen atoms in total. The van der Waals surface area contributed by atoms with Gasteiger partial charge in [0.15, 0.2) is 0 Å². The number of amides is 2. The van der Waals surface area contributed by atoms with Crippen LogP contribution in [0.1, 0.15) is 39.0 Å². The Kier molecular flexibility index (Phi) is 6.72. The Morgan fingerprint density at radius 2 is 1.89 bits per heavy atom. The van der Waals surface area contributed by atoms with Crippen LogP contribution in [0.3, 0.4) is 0 Å². The molecule has 5 heteroatoms. The quantitative estimate of drug-likeness (QED) is 0.618. The molecule has 0 aliphatic heterocycles. The van der Waals surface area contributed by atoms with Gasteiger partial charge in [0.1, 0.15) is 0 Å². The predicted molar refractivity (Wildman–Crippen MR) is 68.8 cm³/mol. The zero-order valence-corrected chi connectivity index (χ0v) is 11.1. The van der Waals surface area contributed by atoms with Crippen molar-refractivity contribution in [2.45, 2.75) is 39.0 Å². The third kappa shape index (κ3) is 6.00. The summed E-state index contributed by atoms with van der Waals surface area (Å²) in [7, 11) is 0. The Morgan fingerprint density at radius 1 is 1.22 bits per heavy atom. The highest BCUT2D eigenvalue weighted by Gasteiger charge is 2.18. The number of rotatable bonds is 7. The van der Waals surface area contributed by atoms with Gasteiger partial charge >= 0.3 is 0 Å². The van der Waals surface area contributed by atoms with E-state index in [1.807, 2.05) is 6.92 Å². The fourth-order valence-corrected chi connectivity index (χ4v) is 2.14. The van der Waals surface area contributed by atoms with Gasteiger partial charge < -0.3 is 15.7 Å². The van der Waals surface area contributed by atoms with Crippen molar-refractivity contribution in [2.24, 2.45) is 11.8 Å². The van der Waals surface area contributed by atoms with Crippen LogP contribution in [0.15, 0.2) is 0 Å². The van der Waals surface area contributed by atoms with E-state index in [0.717, 1.165) is 12.8 Å². The highest BCUT2D eigenvalue weighted by Crippen LogP contribution is 2.27. The molecule has 0 aromatic heterocycles. The Balaban J connectivity index is 2.07. The number of carbonyl (C=O) groups is 2. The summed E-state index contributed by atoms with van der Waals surface area (Å²) < 4.78 is 0. The predicted octanol–water partition coefficient (Wildman–Crippen LogP) is 0.427. The summed E-state index contributed by atoms with van der Waals surface area (Å²) in [6, 6.07) is 0. The highest BCUT2D eigenvalue weighted by molar-refractivity contribution is 5.84. The lowest BCUT2D eigenvalue weighted by Gasteiger charge is -2.11. The first-order valence-corrected chi connectivity index (χ1v) is 6.76. The third-order valence-corrected chi connectivity index (χ3v) is 3.35. The molecule has 3 N–H and O–H groups in total. The second kappa shape index (κ2) is 8.08. The van der Waals surface area contributed by atoms with Crippen LogP contribution in [0.2, 0.25) is 0 Å². The lowest BCUT2D eigenvalue weighted by atomic mass is 10.0. The number of carbonyl (C=O) groups excluding carboxylic acids is 2. The number of aliphatic hydroxyl groups excluding tert-OH is 1. The van der Waals surface area contributed by atoms with Crippen molar-refractivity contribution in [2.75, 3.05) is 19.7 Å². The second-order valence-electron chi connectivity index (χ2n) is 5.22. The summed E-state index contributed by atoms with van der Waals surface area (Å²) in [4.78, 5) is 23.0. The summed E-state index contributed by atoms with van der Waals surface area (Å²) in [6.45, 7) is 2.37. The molecule has 0 bridgehead atoms. The Hall–Kier alpha value is -1.10. The molecule has 0 aromatic carbocycles. The van der Waals surface area contributed by atoms with Gasteiger partial charge in [0.05, 0.1) is 6.54 Å². The normalized spacial score (nSPS) is 17.4. The lowest BCUT2D eigenvalue weighted by molar-refractivity contribution is -0.126. The van der Waals surface area contributed by atoms with Crippen LogP contribution in [-0.4, -0.2) is 36.6 Å². The molecule has 1 unspecified atom stereocenters. The zero-order valence-electron chi connectivity index (χ0n) is 11.1. The Morgan fingerprint density at radius 3 is 2.50 bits per heavy atom. The van der Waals surface area contributed by atoms with E-state index in [9.17, 15) is 9.59 Å². The van der Waals surface area contributed by atoms with E-state index in [1.54, 1.807) is 0 Å². The van der Waals surface area contributed by atoms with Crippen molar-refractivity contribution in [3.63, 3.8) is 0 Å². The van der Waals surface area contributed by atoms with Crippen molar-refractivity contribution < 1.29 is 14.7 Å². The van der Waals surface area contributed by atoms with Gasteiger partial charge in [0.2, 0.25) is 11.8 Å². The van der Waals surface area contributed by atoms with E-state index in [4.69, 9.17) is 5.11 Å². The summed E-state index contributed by atoms with van der Waals surface area (Å²) in [5.41, 5.74) is 0. The second-order valence-corrected chi connectivity index (χ2v) is 5.22. The van der Waals surface area contributed by atoms with Crippen molar-refractivity contribution in [3.05, 3.63) is 0 Å². The number of nitrogens with one attached hydrogen (secondary N) is 2. The third-order valence-electron chi connectivity index (χ3n) is 3.35. The minimum atomic E-state index is -0.199. The first kappa shape index (κ1) is 15.0. The van der Waals surface area contributed by atoms with Gasteiger partial charge in [0.25, 0.3) is 0 Å². The van der Waals surface area contributed by atoms with Crippen molar-refractivity contribution in [1.29, 1.82) is 0 Å². The van der Waals surface area contributed by atoms with Crippen LogP contribution in [0, 0.1) is 11.8 Å². The number of hydrogen-bond acceptors (Lipinski definition) is 3. The minimum Gasteiger partial charge on any atom is -0.396 e. The first-order chi connectivity index (χ1) is 8.61. The molecule has 2 amide bonds. The molecule has 0 spiro atoms. The first-order valence-electron chi connectivity index (χ1n) is 6.76. The Labute approximate surface area is 108 Å². The molecule has 0 saturated heterocycles. The van der Waals surface area contributed by atoms with Gasteiger partial charge in [-0.2, -0.15) is 0 Å². The molecule has 1 aliphatic rings. The molecule has 1 saturated carbocycles. The average Bonchev–Trinajstić information content (AvgIpc) is 2.86. The van der Waals surface area contributed by atoms with E-state index in [2.05, 4.69) is 10.6 Å². The van der Waals surface area contributed by atoms with Crippen molar-refractivity contribution >= 4 is 11.8 Å². The van der Waals surface area contributed by atoms with Gasteiger partial charge in [0, 0.05) is 19.6 Å². The summed E-state index contributed by atoms with van der Waals surface area (Å²) in [6.07, 6.45) is 5.25. The fourth-order valence-electron chi connectivity index (χ4n) is 2.14. The van der Waals surface area contributed by atoms with Gasteiger partial charge in [-0.25, -0.2) is 0 Å². The van der Waals surface area contributed by atoms with Crippen LogP contribution in [0.25, 0.3) is 0 Å². The number of aliphatic hydroxyl groups is 1. The van der Waals surface area contributed by atoms with E-state index in [-0.39, 0.29) is 30.9 Å². The molecule has 104 valence electrons. The van der Waals surface area contributed by atoms with Crippen LogP contribution in [0.5, 0.6) is 0 Å². The van der Waals surface area contributed by atoms with Crippen LogP contribution in [-0.2, 0) is 9.59 Å². The molecule has 1 aliphatic carbocycles. The average molecular weight is 256 g/mol. The molecular weight excluding hydrogens is 232 g/mol. The monoisotopic (exact) mass is 256 g/mol. The molecule has 0 aromatic rings. The maximum Gasteiger partial charge on any atom is 0.239 e. The molecule has 18 heavy (non-hydrogen) atoms. The lowest BCUT2D eigenvalue weighted by Crippen LogP contribution is -2.39. The minimum absolute atomic E-state index is 0.0315. The molecule has 1 rings (SSSR count).